The first-order valence-electron chi connectivity index (χ1n) is 7.72. The smallest absolute Gasteiger partial charge is 0.297 e. The molecule has 1 atom stereocenters. The number of hydrogen-bond acceptors (Lipinski definition) is 4. The lowest BCUT2D eigenvalue weighted by atomic mass is 10.1. The van der Waals surface area contributed by atoms with E-state index in [-0.39, 0.29) is 11.7 Å². The minimum Gasteiger partial charge on any atom is -0.304 e. The zero-order valence-corrected chi connectivity index (χ0v) is 12.6. The van der Waals surface area contributed by atoms with Gasteiger partial charge in [0, 0.05) is 31.9 Å². The molecule has 4 rings (SSSR count). The van der Waals surface area contributed by atoms with Crippen LogP contribution >= 0.6 is 0 Å². The fourth-order valence-electron chi connectivity index (χ4n) is 3.50. The lowest BCUT2D eigenvalue weighted by molar-refractivity contribution is 0.0971. The van der Waals surface area contributed by atoms with Gasteiger partial charge in [0.15, 0.2) is 0 Å². The Balaban J connectivity index is 1.74. The standard InChI is InChI=1S/C16H19N5O/c1-19-11-17-15(18-19)16(22)21-10-13-6-4-8-20(13)9-12-5-2-3-7-14(12)21/h2-3,5,7,11,13H,4,6,8-10H2,1H3. The molecule has 6 heteroatoms. The number of aromatic nitrogens is 3. The van der Waals surface area contributed by atoms with Crippen LogP contribution in [0.3, 0.4) is 0 Å². The van der Waals surface area contributed by atoms with Gasteiger partial charge in [-0.1, -0.05) is 18.2 Å². The van der Waals surface area contributed by atoms with E-state index in [4.69, 9.17) is 0 Å². The van der Waals surface area contributed by atoms with Gasteiger partial charge in [0.2, 0.25) is 5.82 Å². The summed E-state index contributed by atoms with van der Waals surface area (Å²) < 4.78 is 1.57. The molecule has 1 amide bonds. The number of fused-ring (bicyclic) bond motifs is 2. The molecule has 114 valence electrons. The van der Waals surface area contributed by atoms with Crippen molar-refractivity contribution in [3.05, 3.63) is 42.0 Å². The Morgan fingerprint density at radius 3 is 3.00 bits per heavy atom. The highest BCUT2D eigenvalue weighted by Crippen LogP contribution is 2.31. The van der Waals surface area contributed by atoms with Gasteiger partial charge in [-0.05, 0) is 31.0 Å². The predicted octanol–water partition coefficient (Wildman–Crippen LogP) is 1.44. The average molecular weight is 297 g/mol. The van der Waals surface area contributed by atoms with Gasteiger partial charge in [-0.25, -0.2) is 4.98 Å². The molecule has 2 aliphatic rings. The minimum atomic E-state index is -0.109. The second kappa shape index (κ2) is 5.21. The Kier molecular flexibility index (Phi) is 3.18. The number of rotatable bonds is 1. The number of benzene rings is 1. The topological polar surface area (TPSA) is 54.3 Å². The number of carbonyl (C=O) groups is 1. The molecular weight excluding hydrogens is 278 g/mol. The van der Waals surface area contributed by atoms with Crippen LogP contribution in [0.25, 0.3) is 0 Å². The molecular formula is C16H19N5O. The Bertz CT molecular complexity index is 710. The number of anilines is 1. The average Bonchev–Trinajstić information content (AvgIpc) is 3.11. The molecule has 0 radical (unpaired) electrons. The van der Waals surface area contributed by atoms with Crippen molar-refractivity contribution >= 4 is 11.6 Å². The summed E-state index contributed by atoms with van der Waals surface area (Å²) in [7, 11) is 1.78. The van der Waals surface area contributed by atoms with Crippen molar-refractivity contribution < 1.29 is 4.79 Å². The first-order valence-corrected chi connectivity index (χ1v) is 7.72. The van der Waals surface area contributed by atoms with Crippen molar-refractivity contribution in [3.63, 3.8) is 0 Å². The molecule has 1 unspecified atom stereocenters. The van der Waals surface area contributed by atoms with Crippen LogP contribution in [0.5, 0.6) is 0 Å². The van der Waals surface area contributed by atoms with Crippen LogP contribution < -0.4 is 4.90 Å². The molecule has 2 aliphatic heterocycles. The zero-order chi connectivity index (χ0) is 15.1. The highest BCUT2D eigenvalue weighted by atomic mass is 16.2. The summed E-state index contributed by atoms with van der Waals surface area (Å²) >= 11 is 0. The molecule has 1 aromatic carbocycles. The van der Waals surface area contributed by atoms with Crippen LogP contribution in [0.2, 0.25) is 0 Å². The predicted molar refractivity (Wildman–Crippen MR) is 82.6 cm³/mol. The molecule has 22 heavy (non-hydrogen) atoms. The summed E-state index contributed by atoms with van der Waals surface area (Å²) in [6, 6.07) is 8.60. The van der Waals surface area contributed by atoms with Gasteiger partial charge in [0.1, 0.15) is 6.33 Å². The van der Waals surface area contributed by atoms with E-state index in [0.717, 1.165) is 25.2 Å². The Morgan fingerprint density at radius 1 is 1.32 bits per heavy atom. The Hall–Kier alpha value is -2.21. The Labute approximate surface area is 129 Å². The van der Waals surface area contributed by atoms with E-state index >= 15 is 0 Å². The largest absolute Gasteiger partial charge is 0.304 e. The SMILES string of the molecule is Cn1cnc(C(=O)N2CC3CCCN3Cc3ccccc32)n1. The molecule has 0 spiro atoms. The summed E-state index contributed by atoms with van der Waals surface area (Å²) in [6.07, 6.45) is 3.92. The third-order valence-corrected chi connectivity index (χ3v) is 4.58. The van der Waals surface area contributed by atoms with Crippen molar-refractivity contribution in [3.8, 4) is 0 Å². The van der Waals surface area contributed by atoms with E-state index in [1.807, 2.05) is 23.1 Å². The maximum Gasteiger partial charge on any atom is 0.297 e. The molecule has 0 N–H and O–H groups in total. The Morgan fingerprint density at radius 2 is 2.18 bits per heavy atom. The first kappa shape index (κ1) is 13.5. The first-order chi connectivity index (χ1) is 10.7. The van der Waals surface area contributed by atoms with Gasteiger partial charge in [0.25, 0.3) is 5.91 Å². The highest BCUT2D eigenvalue weighted by molar-refractivity contribution is 6.04. The minimum absolute atomic E-state index is 0.109. The lowest BCUT2D eigenvalue weighted by Gasteiger charge is -2.25. The van der Waals surface area contributed by atoms with Crippen LogP contribution in [0, 0.1) is 0 Å². The van der Waals surface area contributed by atoms with E-state index in [1.165, 1.54) is 12.0 Å². The summed E-state index contributed by atoms with van der Waals surface area (Å²) in [5.74, 6) is 0.158. The molecule has 0 aliphatic carbocycles. The van der Waals surface area contributed by atoms with Crippen molar-refractivity contribution in [1.29, 1.82) is 0 Å². The second-order valence-electron chi connectivity index (χ2n) is 6.05. The number of amides is 1. The summed E-state index contributed by atoms with van der Waals surface area (Å²) in [5.41, 5.74) is 2.20. The lowest BCUT2D eigenvalue weighted by Crippen LogP contribution is -2.40. The number of hydrogen-bond donors (Lipinski definition) is 0. The van der Waals surface area contributed by atoms with Crippen LogP contribution in [0.1, 0.15) is 29.0 Å². The molecule has 2 aromatic rings. The number of aryl methyl sites for hydroxylation is 1. The van der Waals surface area contributed by atoms with Crippen molar-refractivity contribution in [2.75, 3.05) is 18.0 Å². The molecule has 0 saturated carbocycles. The fourth-order valence-corrected chi connectivity index (χ4v) is 3.50. The molecule has 1 saturated heterocycles. The van der Waals surface area contributed by atoms with Crippen LogP contribution in [0.15, 0.2) is 30.6 Å². The maximum absolute atomic E-state index is 12.9. The normalized spacial score (nSPS) is 21.3. The zero-order valence-electron chi connectivity index (χ0n) is 12.6. The van der Waals surface area contributed by atoms with Gasteiger partial charge in [-0.2, -0.15) is 0 Å². The highest BCUT2D eigenvalue weighted by Gasteiger charge is 2.34. The van der Waals surface area contributed by atoms with Gasteiger partial charge in [-0.3, -0.25) is 14.4 Å². The van der Waals surface area contributed by atoms with Gasteiger partial charge < -0.3 is 4.90 Å². The van der Waals surface area contributed by atoms with E-state index in [9.17, 15) is 4.79 Å². The summed E-state index contributed by atoms with van der Waals surface area (Å²) in [6.45, 7) is 2.75. The van der Waals surface area contributed by atoms with E-state index in [0.29, 0.717) is 12.6 Å². The molecule has 0 bridgehead atoms. The van der Waals surface area contributed by atoms with E-state index in [1.54, 1.807) is 18.1 Å². The van der Waals surface area contributed by atoms with E-state index < -0.39 is 0 Å². The third kappa shape index (κ3) is 2.20. The summed E-state index contributed by atoms with van der Waals surface area (Å²) in [4.78, 5) is 21.4. The monoisotopic (exact) mass is 297 g/mol. The van der Waals surface area contributed by atoms with Crippen LogP contribution in [-0.4, -0.2) is 44.7 Å². The molecule has 1 fully saturated rings. The quantitative estimate of drug-likeness (QED) is 0.799. The van der Waals surface area contributed by atoms with Crippen LogP contribution in [-0.2, 0) is 13.6 Å². The van der Waals surface area contributed by atoms with Gasteiger partial charge in [0.05, 0.1) is 0 Å². The van der Waals surface area contributed by atoms with Crippen molar-refractivity contribution in [1.82, 2.24) is 19.7 Å². The van der Waals surface area contributed by atoms with Gasteiger partial charge in [-0.15, -0.1) is 5.10 Å². The third-order valence-electron chi connectivity index (χ3n) is 4.58. The maximum atomic E-state index is 12.9. The van der Waals surface area contributed by atoms with Crippen molar-refractivity contribution in [2.24, 2.45) is 7.05 Å². The molecule has 3 heterocycles. The van der Waals surface area contributed by atoms with Gasteiger partial charge >= 0.3 is 0 Å². The van der Waals surface area contributed by atoms with Crippen molar-refractivity contribution in [2.45, 2.75) is 25.4 Å². The number of para-hydroxylation sites is 1. The molecule has 1 aromatic heterocycles. The van der Waals surface area contributed by atoms with E-state index in [2.05, 4.69) is 21.0 Å². The second-order valence-corrected chi connectivity index (χ2v) is 6.05. The fraction of sp³-hybridized carbons (Fsp3) is 0.438. The summed E-state index contributed by atoms with van der Waals surface area (Å²) in [5, 5.41) is 4.18. The molecule has 6 nitrogen and oxygen atoms in total. The number of carbonyl (C=O) groups excluding carboxylic acids is 1. The van der Waals surface area contributed by atoms with Crippen LogP contribution in [0.4, 0.5) is 5.69 Å². The number of nitrogens with zero attached hydrogens (tertiary/aromatic N) is 5.